The number of nitrogens with one attached hydrogen (secondary N) is 1. The molecule has 0 aliphatic heterocycles. The first kappa shape index (κ1) is 25.3. The van der Waals surface area contributed by atoms with Crippen LogP contribution in [0.2, 0.25) is 0 Å². The Bertz CT molecular complexity index is 1780. The van der Waals surface area contributed by atoms with E-state index in [-0.39, 0.29) is 16.2 Å². The molecule has 7 heteroatoms. The minimum absolute atomic E-state index is 0.0103. The zero-order valence-electron chi connectivity index (χ0n) is 23.8. The SMILES string of the molecule is CC(C)(C)c1cc(CC(C)(C)c2cnc3[nH]ncc3c2)c2nc(CC(C)(C)c3cc4ccncc4o3)cn2c1. The summed E-state index contributed by atoms with van der Waals surface area (Å²) in [7, 11) is 0. The van der Waals surface area contributed by atoms with E-state index in [1.807, 2.05) is 18.5 Å². The largest absolute Gasteiger partial charge is 0.459 e. The molecule has 39 heavy (non-hydrogen) atoms. The van der Waals surface area contributed by atoms with Crippen molar-refractivity contribution in [3.8, 4) is 0 Å². The maximum Gasteiger partial charge on any atom is 0.155 e. The highest BCUT2D eigenvalue weighted by Gasteiger charge is 2.29. The number of aromatic nitrogens is 6. The molecule has 6 rings (SSSR count). The molecular weight excluding hydrogens is 484 g/mol. The molecule has 0 unspecified atom stereocenters. The molecule has 0 aliphatic carbocycles. The molecule has 0 radical (unpaired) electrons. The van der Waals surface area contributed by atoms with Gasteiger partial charge in [0.05, 0.1) is 18.1 Å². The van der Waals surface area contributed by atoms with Crippen LogP contribution >= 0.6 is 0 Å². The molecule has 0 aromatic carbocycles. The molecule has 0 saturated carbocycles. The number of furan rings is 1. The van der Waals surface area contributed by atoms with Crippen molar-refractivity contribution in [2.24, 2.45) is 0 Å². The third-order valence-electron chi connectivity index (χ3n) is 7.86. The summed E-state index contributed by atoms with van der Waals surface area (Å²) in [6.07, 6.45) is 13.4. The van der Waals surface area contributed by atoms with Crippen molar-refractivity contribution >= 4 is 27.6 Å². The lowest BCUT2D eigenvalue weighted by Crippen LogP contribution is -2.22. The topological polar surface area (TPSA) is 84.9 Å². The zero-order chi connectivity index (χ0) is 27.6. The highest BCUT2D eigenvalue weighted by Crippen LogP contribution is 2.35. The fourth-order valence-electron chi connectivity index (χ4n) is 5.39. The van der Waals surface area contributed by atoms with Gasteiger partial charge < -0.3 is 8.82 Å². The number of rotatable bonds is 6. The fraction of sp³-hybridized carbons (Fsp3) is 0.375. The van der Waals surface area contributed by atoms with Crippen molar-refractivity contribution in [3.05, 3.63) is 89.6 Å². The third kappa shape index (κ3) is 4.71. The summed E-state index contributed by atoms with van der Waals surface area (Å²) in [5, 5.41) is 9.20. The second-order valence-corrected chi connectivity index (χ2v) is 13.1. The van der Waals surface area contributed by atoms with Crippen LogP contribution in [-0.2, 0) is 29.1 Å². The predicted octanol–water partition coefficient (Wildman–Crippen LogP) is 7.08. The standard InChI is InChI=1S/C32H36N6O/c1-30(2,3)24-10-21(13-31(4,5)23-11-22-15-35-37-28(22)34-16-23)29-36-25(19-38(29)18-24)14-32(6,7)27-12-20-8-9-33-17-26(20)39-27/h8-12,15-19H,13-14H2,1-7H3,(H,34,35,37). The van der Waals surface area contributed by atoms with E-state index in [1.54, 1.807) is 12.4 Å². The van der Waals surface area contributed by atoms with Crippen molar-refractivity contribution < 1.29 is 4.42 Å². The molecule has 1 N–H and O–H groups in total. The van der Waals surface area contributed by atoms with Crippen molar-refractivity contribution in [1.82, 2.24) is 29.5 Å². The van der Waals surface area contributed by atoms with Gasteiger partial charge in [0.25, 0.3) is 0 Å². The summed E-state index contributed by atoms with van der Waals surface area (Å²) in [6, 6.07) is 8.66. The van der Waals surface area contributed by atoms with Crippen LogP contribution in [0.5, 0.6) is 0 Å². The minimum Gasteiger partial charge on any atom is -0.459 e. The van der Waals surface area contributed by atoms with Crippen LogP contribution in [0.3, 0.4) is 0 Å². The Kier molecular flexibility index (Phi) is 5.68. The molecule has 200 valence electrons. The fourth-order valence-corrected chi connectivity index (χ4v) is 5.39. The Morgan fingerprint density at radius 1 is 0.846 bits per heavy atom. The van der Waals surface area contributed by atoms with Crippen LogP contribution in [0.4, 0.5) is 0 Å². The number of fused-ring (bicyclic) bond motifs is 3. The summed E-state index contributed by atoms with van der Waals surface area (Å²) < 4.78 is 8.42. The number of hydrogen-bond donors (Lipinski definition) is 1. The van der Waals surface area contributed by atoms with Crippen LogP contribution in [0.25, 0.3) is 27.6 Å². The van der Waals surface area contributed by atoms with Crippen LogP contribution < -0.4 is 0 Å². The van der Waals surface area contributed by atoms with Crippen LogP contribution in [0.15, 0.2) is 65.9 Å². The molecule has 0 bridgehead atoms. The van der Waals surface area contributed by atoms with E-state index < -0.39 is 0 Å². The van der Waals surface area contributed by atoms with Crippen molar-refractivity contribution in [3.63, 3.8) is 0 Å². The second kappa shape index (κ2) is 8.76. The number of hydrogen-bond acceptors (Lipinski definition) is 5. The minimum atomic E-state index is -0.227. The monoisotopic (exact) mass is 520 g/mol. The molecule has 0 saturated heterocycles. The molecular formula is C32H36N6O. The number of aromatic amines is 1. The lowest BCUT2D eigenvalue weighted by molar-refractivity contribution is 0.396. The Morgan fingerprint density at radius 3 is 2.44 bits per heavy atom. The average Bonchev–Trinajstić information content (AvgIpc) is 3.60. The summed E-state index contributed by atoms with van der Waals surface area (Å²) in [5.74, 6) is 0.946. The lowest BCUT2D eigenvalue weighted by atomic mass is 9.78. The van der Waals surface area contributed by atoms with Gasteiger partial charge in [-0.1, -0.05) is 54.5 Å². The van der Waals surface area contributed by atoms with Crippen molar-refractivity contribution in [1.29, 1.82) is 0 Å². The van der Waals surface area contributed by atoms with Gasteiger partial charge in [-0.05, 0) is 52.1 Å². The van der Waals surface area contributed by atoms with E-state index in [4.69, 9.17) is 9.40 Å². The highest BCUT2D eigenvalue weighted by atomic mass is 16.3. The summed E-state index contributed by atoms with van der Waals surface area (Å²) in [5.41, 5.74) is 7.02. The van der Waals surface area contributed by atoms with E-state index in [9.17, 15) is 0 Å². The van der Waals surface area contributed by atoms with Gasteiger partial charge in [-0.3, -0.25) is 10.1 Å². The first-order valence-corrected chi connectivity index (χ1v) is 13.5. The zero-order valence-corrected chi connectivity index (χ0v) is 23.8. The van der Waals surface area contributed by atoms with Gasteiger partial charge >= 0.3 is 0 Å². The molecule has 6 aromatic rings. The summed E-state index contributed by atoms with van der Waals surface area (Å²) in [4.78, 5) is 14.0. The summed E-state index contributed by atoms with van der Waals surface area (Å²) in [6.45, 7) is 15.8. The number of imidazole rings is 1. The van der Waals surface area contributed by atoms with E-state index in [2.05, 4.69) is 104 Å². The van der Waals surface area contributed by atoms with Crippen molar-refractivity contribution in [2.45, 2.75) is 77.6 Å². The average molecular weight is 521 g/mol. The smallest absolute Gasteiger partial charge is 0.155 e. The maximum absolute atomic E-state index is 6.20. The van der Waals surface area contributed by atoms with Crippen molar-refractivity contribution in [2.75, 3.05) is 0 Å². The maximum atomic E-state index is 6.20. The van der Waals surface area contributed by atoms with Gasteiger partial charge in [0.2, 0.25) is 0 Å². The molecule has 0 aliphatic rings. The quantitative estimate of drug-likeness (QED) is 0.253. The van der Waals surface area contributed by atoms with Crippen LogP contribution in [0.1, 0.15) is 76.6 Å². The van der Waals surface area contributed by atoms with E-state index in [0.29, 0.717) is 0 Å². The van der Waals surface area contributed by atoms with Gasteiger partial charge in [-0.15, -0.1) is 0 Å². The summed E-state index contributed by atoms with van der Waals surface area (Å²) >= 11 is 0. The molecule has 7 nitrogen and oxygen atoms in total. The lowest BCUT2D eigenvalue weighted by Gasteiger charge is -2.27. The number of pyridine rings is 3. The second-order valence-electron chi connectivity index (χ2n) is 13.1. The molecule has 6 heterocycles. The van der Waals surface area contributed by atoms with Gasteiger partial charge in [-0.2, -0.15) is 5.10 Å². The van der Waals surface area contributed by atoms with E-state index in [0.717, 1.165) is 51.9 Å². The first-order valence-electron chi connectivity index (χ1n) is 13.5. The molecule has 0 spiro atoms. The van der Waals surface area contributed by atoms with Crippen LogP contribution in [-0.4, -0.2) is 29.5 Å². The number of nitrogens with zero attached hydrogens (tertiary/aromatic N) is 5. The normalized spacial score (nSPS) is 13.2. The Balaban J connectivity index is 1.38. The van der Waals surface area contributed by atoms with Gasteiger partial charge in [-0.25, -0.2) is 9.97 Å². The first-order chi connectivity index (χ1) is 18.4. The van der Waals surface area contributed by atoms with Gasteiger partial charge in [0, 0.05) is 47.4 Å². The van der Waals surface area contributed by atoms with E-state index >= 15 is 0 Å². The van der Waals surface area contributed by atoms with Crippen LogP contribution in [0, 0.1) is 0 Å². The van der Waals surface area contributed by atoms with Gasteiger partial charge in [0.15, 0.2) is 11.2 Å². The molecule has 0 atom stereocenters. The molecule has 0 amide bonds. The highest BCUT2D eigenvalue weighted by molar-refractivity contribution is 5.77. The Morgan fingerprint density at radius 2 is 1.67 bits per heavy atom. The Labute approximate surface area is 228 Å². The predicted molar refractivity (Wildman–Crippen MR) is 155 cm³/mol. The van der Waals surface area contributed by atoms with E-state index in [1.165, 1.54) is 16.7 Å². The Hall–Kier alpha value is -4.00. The number of H-pyrrole nitrogens is 1. The third-order valence-corrected chi connectivity index (χ3v) is 7.86. The molecule has 6 aromatic heterocycles. The van der Waals surface area contributed by atoms with Gasteiger partial charge in [0.1, 0.15) is 11.4 Å². The molecule has 0 fully saturated rings.